The largest absolute Gasteiger partial charge is 0.417 e. The van der Waals surface area contributed by atoms with Gasteiger partial charge in [0.2, 0.25) is 0 Å². The van der Waals surface area contributed by atoms with Gasteiger partial charge in [-0.3, -0.25) is 0 Å². The average molecular weight is 307 g/mol. The highest BCUT2D eigenvalue weighted by Gasteiger charge is 2.32. The number of alkyl halides is 3. The number of hydrogen-bond donors (Lipinski definition) is 0. The van der Waals surface area contributed by atoms with Crippen LogP contribution in [0.25, 0.3) is 0 Å². The van der Waals surface area contributed by atoms with Gasteiger partial charge in [-0.1, -0.05) is 30.9 Å². The minimum absolute atomic E-state index is 0.0762. The molecule has 0 aromatic carbocycles. The second-order valence-electron chi connectivity index (χ2n) is 5.11. The molecule has 0 amide bonds. The lowest BCUT2D eigenvalue weighted by Gasteiger charge is -2.35. The van der Waals surface area contributed by atoms with Crippen LogP contribution < -0.4 is 4.90 Å². The molecule has 0 unspecified atom stereocenters. The number of anilines is 1. The molecule has 1 aromatic rings. The van der Waals surface area contributed by atoms with E-state index in [4.69, 9.17) is 11.6 Å². The third kappa shape index (κ3) is 3.37. The van der Waals surface area contributed by atoms with Crippen molar-refractivity contribution >= 4 is 17.4 Å². The van der Waals surface area contributed by atoms with E-state index in [1.54, 1.807) is 0 Å². The molecule has 1 heterocycles. The molecule has 1 aliphatic carbocycles. The Kier molecular flexibility index (Phi) is 4.78. The Morgan fingerprint density at radius 2 is 1.95 bits per heavy atom. The van der Waals surface area contributed by atoms with Crippen LogP contribution in [0.1, 0.15) is 44.6 Å². The Morgan fingerprint density at radius 3 is 2.45 bits per heavy atom. The molecule has 112 valence electrons. The highest BCUT2D eigenvalue weighted by Crippen LogP contribution is 2.35. The van der Waals surface area contributed by atoms with Crippen molar-refractivity contribution in [3.8, 4) is 0 Å². The lowest BCUT2D eigenvalue weighted by atomic mass is 9.94. The summed E-state index contributed by atoms with van der Waals surface area (Å²) >= 11 is 6.02. The molecule has 0 atom stereocenters. The summed E-state index contributed by atoms with van der Waals surface area (Å²) in [6, 6.07) is 1.30. The zero-order valence-electron chi connectivity index (χ0n) is 11.4. The molecule has 0 saturated heterocycles. The highest BCUT2D eigenvalue weighted by atomic mass is 35.5. The van der Waals surface area contributed by atoms with Crippen LogP contribution in [0.2, 0.25) is 5.02 Å². The maximum Gasteiger partial charge on any atom is 0.417 e. The van der Waals surface area contributed by atoms with Gasteiger partial charge >= 0.3 is 6.18 Å². The maximum atomic E-state index is 12.6. The van der Waals surface area contributed by atoms with Crippen LogP contribution in [-0.2, 0) is 6.18 Å². The fourth-order valence-electron chi connectivity index (χ4n) is 2.77. The van der Waals surface area contributed by atoms with E-state index in [2.05, 4.69) is 4.98 Å². The Bertz CT molecular complexity index is 456. The number of pyridine rings is 1. The summed E-state index contributed by atoms with van der Waals surface area (Å²) in [5.74, 6) is 0.467. The minimum Gasteiger partial charge on any atom is -0.353 e. The van der Waals surface area contributed by atoms with Crippen molar-refractivity contribution in [3.05, 3.63) is 22.8 Å². The Morgan fingerprint density at radius 1 is 1.30 bits per heavy atom. The molecule has 0 spiro atoms. The first-order chi connectivity index (χ1) is 9.43. The van der Waals surface area contributed by atoms with E-state index < -0.39 is 11.7 Å². The van der Waals surface area contributed by atoms with Crippen LogP contribution in [0.3, 0.4) is 0 Å². The lowest BCUT2D eigenvalue weighted by Crippen LogP contribution is -2.37. The van der Waals surface area contributed by atoms with Crippen LogP contribution >= 0.6 is 11.6 Å². The normalized spacial score (nSPS) is 17.2. The fraction of sp³-hybridized carbons (Fsp3) is 0.643. The summed E-state index contributed by atoms with van der Waals surface area (Å²) in [4.78, 5) is 5.99. The molecule has 0 radical (unpaired) electrons. The quantitative estimate of drug-likeness (QED) is 0.788. The van der Waals surface area contributed by atoms with Gasteiger partial charge in [0.1, 0.15) is 5.82 Å². The van der Waals surface area contributed by atoms with E-state index in [-0.39, 0.29) is 5.02 Å². The van der Waals surface area contributed by atoms with Gasteiger partial charge in [-0.15, -0.1) is 0 Å². The number of nitrogens with zero attached hydrogens (tertiary/aromatic N) is 2. The third-order valence-electron chi connectivity index (χ3n) is 3.78. The topological polar surface area (TPSA) is 16.1 Å². The first-order valence-electron chi connectivity index (χ1n) is 6.93. The summed E-state index contributed by atoms with van der Waals surface area (Å²) < 4.78 is 37.9. The van der Waals surface area contributed by atoms with Crippen LogP contribution in [0, 0.1) is 0 Å². The van der Waals surface area contributed by atoms with Gasteiger partial charge in [0.15, 0.2) is 0 Å². The van der Waals surface area contributed by atoms with Crippen molar-refractivity contribution in [2.24, 2.45) is 0 Å². The van der Waals surface area contributed by atoms with E-state index in [1.165, 1.54) is 6.42 Å². The van der Waals surface area contributed by atoms with E-state index >= 15 is 0 Å². The molecule has 1 saturated carbocycles. The third-order valence-corrected chi connectivity index (χ3v) is 4.06. The summed E-state index contributed by atoms with van der Waals surface area (Å²) in [7, 11) is 0. The molecule has 1 fully saturated rings. The van der Waals surface area contributed by atoms with Gasteiger partial charge in [-0.2, -0.15) is 13.2 Å². The molecule has 2 nitrogen and oxygen atoms in total. The standard InChI is InChI=1S/C14H18ClF3N2/c1-2-20(11-6-4-3-5-7-11)13-12(15)8-10(9-19-13)14(16,17)18/h8-9,11H,2-7H2,1H3. The zero-order chi connectivity index (χ0) is 14.8. The predicted molar refractivity (Wildman–Crippen MR) is 74.1 cm³/mol. The van der Waals surface area contributed by atoms with E-state index in [9.17, 15) is 13.2 Å². The first-order valence-corrected chi connectivity index (χ1v) is 7.30. The van der Waals surface area contributed by atoms with Gasteiger partial charge in [-0.25, -0.2) is 4.98 Å². The first kappa shape index (κ1) is 15.4. The molecule has 6 heteroatoms. The van der Waals surface area contributed by atoms with Crippen LogP contribution in [0.5, 0.6) is 0 Å². The molecule has 1 aliphatic rings. The molecule has 20 heavy (non-hydrogen) atoms. The molecule has 0 aliphatic heterocycles. The second-order valence-corrected chi connectivity index (χ2v) is 5.51. The van der Waals surface area contributed by atoms with Crippen molar-refractivity contribution in [1.82, 2.24) is 4.98 Å². The van der Waals surface area contributed by atoms with Crippen LogP contribution in [0.15, 0.2) is 12.3 Å². The van der Waals surface area contributed by atoms with Crippen LogP contribution in [-0.4, -0.2) is 17.6 Å². The number of rotatable bonds is 3. The smallest absolute Gasteiger partial charge is 0.353 e. The summed E-state index contributed by atoms with van der Waals surface area (Å²) in [6.07, 6.45) is 2.09. The summed E-state index contributed by atoms with van der Waals surface area (Å²) in [6.45, 7) is 2.67. The van der Waals surface area contributed by atoms with Gasteiger partial charge in [0, 0.05) is 18.8 Å². The van der Waals surface area contributed by atoms with Gasteiger partial charge in [0.25, 0.3) is 0 Å². The number of hydrogen-bond acceptors (Lipinski definition) is 2. The minimum atomic E-state index is -4.41. The molecular weight excluding hydrogens is 289 g/mol. The lowest BCUT2D eigenvalue weighted by molar-refractivity contribution is -0.137. The summed E-state index contributed by atoms with van der Waals surface area (Å²) in [5, 5.41) is 0.0762. The SMILES string of the molecule is CCN(c1ncc(C(F)(F)F)cc1Cl)C1CCCCC1. The summed E-state index contributed by atoms with van der Waals surface area (Å²) in [5.41, 5.74) is -0.800. The van der Waals surface area contributed by atoms with E-state index in [1.807, 2.05) is 11.8 Å². The highest BCUT2D eigenvalue weighted by molar-refractivity contribution is 6.33. The van der Waals surface area contributed by atoms with E-state index in [0.29, 0.717) is 18.4 Å². The van der Waals surface area contributed by atoms with Gasteiger partial charge in [0.05, 0.1) is 10.6 Å². The van der Waals surface area contributed by atoms with Crippen LogP contribution in [0.4, 0.5) is 19.0 Å². The fourth-order valence-corrected chi connectivity index (χ4v) is 3.05. The second kappa shape index (κ2) is 6.20. The van der Waals surface area contributed by atoms with Crippen molar-refractivity contribution < 1.29 is 13.2 Å². The molecule has 1 aromatic heterocycles. The molecule has 2 rings (SSSR count). The van der Waals surface area contributed by atoms with E-state index in [0.717, 1.165) is 37.9 Å². The maximum absolute atomic E-state index is 12.6. The van der Waals surface area contributed by atoms with Gasteiger partial charge in [-0.05, 0) is 25.8 Å². The molecule has 0 bridgehead atoms. The monoisotopic (exact) mass is 306 g/mol. The number of aromatic nitrogens is 1. The van der Waals surface area contributed by atoms with Gasteiger partial charge < -0.3 is 4.90 Å². The molecular formula is C14H18ClF3N2. The van der Waals surface area contributed by atoms with Crippen molar-refractivity contribution in [3.63, 3.8) is 0 Å². The van der Waals surface area contributed by atoms with Crippen molar-refractivity contribution in [2.75, 3.05) is 11.4 Å². The average Bonchev–Trinajstić information content (AvgIpc) is 2.41. The zero-order valence-corrected chi connectivity index (χ0v) is 12.1. The Labute approximate surface area is 121 Å². The van der Waals surface area contributed by atoms with Crippen molar-refractivity contribution in [1.29, 1.82) is 0 Å². The number of halogens is 4. The van der Waals surface area contributed by atoms with Crippen molar-refractivity contribution in [2.45, 2.75) is 51.2 Å². The Hall–Kier alpha value is -0.970. The predicted octanol–water partition coefficient (Wildman–Crippen LogP) is 4.91. The molecule has 0 N–H and O–H groups in total. The Balaban J connectivity index is 2.26.